The van der Waals surface area contributed by atoms with Crippen LogP contribution in [0.15, 0.2) is 52.0 Å². The van der Waals surface area contributed by atoms with Gasteiger partial charge in [-0.25, -0.2) is 5.43 Å². The molecule has 0 aromatic heterocycles. The summed E-state index contributed by atoms with van der Waals surface area (Å²) in [4.78, 5) is 24.9. The first-order valence-electron chi connectivity index (χ1n) is 9.94. The van der Waals surface area contributed by atoms with E-state index in [1.54, 1.807) is 19.2 Å². The predicted octanol–water partition coefficient (Wildman–Crippen LogP) is 3.83. The minimum absolute atomic E-state index is 0.171. The molecule has 166 valence electrons. The number of halogens is 1. The van der Waals surface area contributed by atoms with Gasteiger partial charge in [0.05, 0.1) is 17.8 Å². The molecule has 0 bridgehead atoms. The summed E-state index contributed by atoms with van der Waals surface area (Å²) in [5.74, 6) is 0.787. The van der Waals surface area contributed by atoms with Gasteiger partial charge in [-0.2, -0.15) is 5.10 Å². The second kappa shape index (κ2) is 12.1. The zero-order valence-corrected chi connectivity index (χ0v) is 19.7. The second-order valence-corrected chi connectivity index (χ2v) is 8.29. The van der Waals surface area contributed by atoms with E-state index >= 15 is 0 Å². The number of rotatable bonds is 10. The van der Waals surface area contributed by atoms with E-state index in [4.69, 9.17) is 9.47 Å². The van der Waals surface area contributed by atoms with Crippen LogP contribution < -0.4 is 20.2 Å². The second-order valence-electron chi connectivity index (χ2n) is 7.43. The molecule has 0 aliphatic rings. The van der Waals surface area contributed by atoms with Gasteiger partial charge in [-0.15, -0.1) is 0 Å². The Morgan fingerprint density at radius 2 is 1.90 bits per heavy atom. The molecule has 0 radical (unpaired) electrons. The van der Waals surface area contributed by atoms with Crippen molar-refractivity contribution in [3.63, 3.8) is 0 Å². The van der Waals surface area contributed by atoms with Crippen LogP contribution in [0.2, 0.25) is 0 Å². The molecule has 0 aliphatic carbocycles. The van der Waals surface area contributed by atoms with Crippen LogP contribution in [-0.4, -0.2) is 37.8 Å². The van der Waals surface area contributed by atoms with E-state index in [-0.39, 0.29) is 24.3 Å². The number of para-hydroxylation sites is 1. The highest BCUT2D eigenvalue weighted by Crippen LogP contribution is 2.24. The van der Waals surface area contributed by atoms with E-state index in [0.717, 1.165) is 15.6 Å². The molecule has 2 amide bonds. The summed E-state index contributed by atoms with van der Waals surface area (Å²) in [6, 6.07) is 12.2. The van der Waals surface area contributed by atoms with Crippen LogP contribution in [0.1, 0.15) is 31.4 Å². The van der Waals surface area contributed by atoms with Crippen LogP contribution in [0.3, 0.4) is 0 Å². The number of hydrogen-bond donors (Lipinski definition) is 2. The van der Waals surface area contributed by atoms with Crippen LogP contribution in [-0.2, 0) is 9.59 Å². The maximum absolute atomic E-state index is 12.6. The summed E-state index contributed by atoms with van der Waals surface area (Å²) in [6.07, 6.45) is 2.00. The van der Waals surface area contributed by atoms with Gasteiger partial charge in [0, 0.05) is 0 Å². The van der Waals surface area contributed by atoms with Gasteiger partial charge in [-0.3, -0.25) is 9.59 Å². The molecule has 0 saturated carbocycles. The Kier molecular flexibility index (Phi) is 9.52. The summed E-state index contributed by atoms with van der Waals surface area (Å²) in [5, 5.41) is 6.75. The highest BCUT2D eigenvalue weighted by molar-refractivity contribution is 9.10. The van der Waals surface area contributed by atoms with Gasteiger partial charge in [-0.05, 0) is 70.6 Å². The molecule has 2 N–H and O–H groups in total. The average Bonchev–Trinajstić information content (AvgIpc) is 2.72. The van der Waals surface area contributed by atoms with Gasteiger partial charge in [-0.1, -0.05) is 32.0 Å². The molecule has 0 heterocycles. The van der Waals surface area contributed by atoms with E-state index in [9.17, 15) is 9.59 Å². The Bertz CT molecular complexity index is 931. The van der Waals surface area contributed by atoms with Crippen LogP contribution in [0.5, 0.6) is 11.5 Å². The van der Waals surface area contributed by atoms with Crippen molar-refractivity contribution in [2.24, 2.45) is 11.0 Å². The molecule has 31 heavy (non-hydrogen) atoms. The molecule has 0 unspecified atom stereocenters. The fourth-order valence-electron chi connectivity index (χ4n) is 2.81. The molecule has 0 saturated heterocycles. The Balaban J connectivity index is 1.94. The minimum atomic E-state index is -0.715. The number of nitrogens with zero attached hydrogens (tertiary/aromatic N) is 1. The normalized spacial score (nSPS) is 11.9. The number of methoxy groups -OCH3 is 1. The first kappa shape index (κ1) is 24.4. The number of carbonyl (C=O) groups is 2. The molecule has 7 nitrogen and oxygen atoms in total. The molecule has 0 aliphatic heterocycles. The molecular weight excluding hydrogens is 462 g/mol. The zero-order chi connectivity index (χ0) is 22.8. The fourth-order valence-corrected chi connectivity index (χ4v) is 3.37. The van der Waals surface area contributed by atoms with Gasteiger partial charge in [0.1, 0.15) is 17.5 Å². The van der Waals surface area contributed by atoms with Crippen LogP contribution in [0, 0.1) is 12.8 Å². The summed E-state index contributed by atoms with van der Waals surface area (Å²) in [7, 11) is 1.59. The van der Waals surface area contributed by atoms with Crippen molar-refractivity contribution in [3.8, 4) is 11.5 Å². The van der Waals surface area contributed by atoms with Gasteiger partial charge in [0.15, 0.2) is 6.61 Å². The lowest BCUT2D eigenvalue weighted by molar-refractivity contribution is -0.130. The monoisotopic (exact) mass is 489 g/mol. The molecule has 2 rings (SSSR count). The maximum Gasteiger partial charge on any atom is 0.262 e. The number of carbonyl (C=O) groups excluding carboxylic acids is 2. The molecule has 0 fully saturated rings. The summed E-state index contributed by atoms with van der Waals surface area (Å²) < 4.78 is 11.5. The van der Waals surface area contributed by atoms with Gasteiger partial charge in [0.2, 0.25) is 0 Å². The van der Waals surface area contributed by atoms with Crippen molar-refractivity contribution in [1.82, 2.24) is 10.7 Å². The molecule has 2 aromatic carbocycles. The number of benzene rings is 2. The largest absolute Gasteiger partial charge is 0.496 e. The predicted molar refractivity (Wildman–Crippen MR) is 124 cm³/mol. The van der Waals surface area contributed by atoms with Gasteiger partial charge in [0.25, 0.3) is 11.8 Å². The summed E-state index contributed by atoms with van der Waals surface area (Å²) in [6.45, 7) is 5.69. The van der Waals surface area contributed by atoms with Crippen LogP contribution in [0.25, 0.3) is 0 Å². The average molecular weight is 490 g/mol. The molecule has 8 heteroatoms. The number of nitrogens with one attached hydrogen (secondary N) is 2. The molecular formula is C23H28BrN3O4. The number of ether oxygens (including phenoxy) is 2. The SMILES string of the molecule is COc1ccc(/C=N\NC(=O)[C@@H](CC(C)C)NC(=O)COc2ccccc2C)cc1Br. The van der Waals surface area contributed by atoms with E-state index in [1.807, 2.05) is 51.1 Å². The third-order valence-electron chi connectivity index (χ3n) is 4.38. The lowest BCUT2D eigenvalue weighted by Crippen LogP contribution is -2.47. The highest BCUT2D eigenvalue weighted by atomic mass is 79.9. The zero-order valence-electron chi connectivity index (χ0n) is 18.1. The van der Waals surface area contributed by atoms with E-state index < -0.39 is 6.04 Å². The Morgan fingerprint density at radius 1 is 1.16 bits per heavy atom. The number of hydrogen-bond acceptors (Lipinski definition) is 5. The van der Waals surface area contributed by atoms with Crippen molar-refractivity contribution in [2.45, 2.75) is 33.2 Å². The first-order chi connectivity index (χ1) is 14.8. The van der Waals surface area contributed by atoms with Gasteiger partial charge < -0.3 is 14.8 Å². The van der Waals surface area contributed by atoms with Crippen molar-refractivity contribution in [3.05, 3.63) is 58.1 Å². The smallest absolute Gasteiger partial charge is 0.262 e. The fraction of sp³-hybridized carbons (Fsp3) is 0.348. The lowest BCUT2D eigenvalue weighted by atomic mass is 10.0. The standard InChI is InChI=1S/C23H28BrN3O4/c1-15(2)11-19(26-22(28)14-31-20-8-6-5-7-16(20)3)23(29)27-25-13-17-9-10-21(30-4)18(24)12-17/h5-10,12-13,15,19H,11,14H2,1-4H3,(H,26,28)(H,27,29)/b25-13-/t19-/m1/s1. The highest BCUT2D eigenvalue weighted by Gasteiger charge is 2.22. The number of hydrazone groups is 1. The van der Waals surface area contributed by atoms with Crippen molar-refractivity contribution in [1.29, 1.82) is 0 Å². The van der Waals surface area contributed by atoms with Crippen molar-refractivity contribution in [2.75, 3.05) is 13.7 Å². The van der Waals surface area contributed by atoms with Crippen molar-refractivity contribution < 1.29 is 19.1 Å². The summed E-state index contributed by atoms with van der Waals surface area (Å²) >= 11 is 3.41. The summed E-state index contributed by atoms with van der Waals surface area (Å²) in [5.41, 5.74) is 4.22. The topological polar surface area (TPSA) is 89.0 Å². The Labute approximate surface area is 191 Å². The third kappa shape index (κ3) is 8.05. The number of amides is 2. The van der Waals surface area contributed by atoms with E-state index in [0.29, 0.717) is 17.9 Å². The molecule has 0 spiro atoms. The van der Waals surface area contributed by atoms with E-state index in [2.05, 4.69) is 31.8 Å². The Hall–Kier alpha value is -2.87. The molecule has 2 aromatic rings. The first-order valence-corrected chi connectivity index (χ1v) is 10.7. The van der Waals surface area contributed by atoms with E-state index in [1.165, 1.54) is 6.21 Å². The number of aryl methyl sites for hydroxylation is 1. The quantitative estimate of drug-likeness (QED) is 0.392. The molecule has 1 atom stereocenters. The maximum atomic E-state index is 12.6. The van der Waals surface area contributed by atoms with Crippen molar-refractivity contribution >= 4 is 34.0 Å². The Morgan fingerprint density at radius 3 is 2.55 bits per heavy atom. The minimum Gasteiger partial charge on any atom is -0.496 e. The van der Waals surface area contributed by atoms with Crippen LogP contribution in [0.4, 0.5) is 0 Å². The van der Waals surface area contributed by atoms with Gasteiger partial charge >= 0.3 is 0 Å². The lowest BCUT2D eigenvalue weighted by Gasteiger charge is -2.19. The van der Waals surface area contributed by atoms with Crippen LogP contribution >= 0.6 is 15.9 Å². The third-order valence-corrected chi connectivity index (χ3v) is 5.00.